The van der Waals surface area contributed by atoms with Crippen LogP contribution in [0.2, 0.25) is 5.02 Å². The van der Waals surface area contributed by atoms with Gasteiger partial charge in [-0.25, -0.2) is 8.42 Å². The van der Waals surface area contributed by atoms with Gasteiger partial charge in [0.25, 0.3) is 5.56 Å². The predicted octanol–water partition coefficient (Wildman–Crippen LogP) is 5.38. The van der Waals surface area contributed by atoms with Crippen molar-refractivity contribution in [1.82, 2.24) is 14.3 Å². The van der Waals surface area contributed by atoms with Crippen LogP contribution in [0.5, 0.6) is 0 Å². The number of carbonyl (C=O) groups excluding carboxylic acids is 1. The Bertz CT molecular complexity index is 1710. The average Bonchev–Trinajstić information content (AvgIpc) is 3.32. The predicted molar refractivity (Wildman–Crippen MR) is 153 cm³/mol. The van der Waals surface area contributed by atoms with E-state index in [0.717, 1.165) is 11.8 Å². The number of pyridine rings is 1. The maximum absolute atomic E-state index is 13.9. The Morgan fingerprint density at radius 1 is 1.08 bits per heavy atom. The van der Waals surface area contributed by atoms with E-state index in [0.29, 0.717) is 40.0 Å². The van der Waals surface area contributed by atoms with Crippen LogP contribution in [0, 0.1) is 0 Å². The first-order valence-corrected chi connectivity index (χ1v) is 14.9. The van der Waals surface area contributed by atoms with Gasteiger partial charge in [0.1, 0.15) is 0 Å². The fourth-order valence-corrected chi connectivity index (χ4v) is 5.59. The van der Waals surface area contributed by atoms with Crippen LogP contribution in [-0.2, 0) is 27.7 Å². The fourth-order valence-electron chi connectivity index (χ4n) is 4.55. The van der Waals surface area contributed by atoms with Gasteiger partial charge in [-0.15, -0.1) is 0 Å². The number of nitrogens with zero attached hydrogens (tertiary/aromatic N) is 3. The smallest absolute Gasteiger partial charge is 0.259 e. The van der Waals surface area contributed by atoms with Crippen molar-refractivity contribution in [3.63, 3.8) is 0 Å². The highest BCUT2D eigenvalue weighted by Gasteiger charge is 2.25. The minimum atomic E-state index is -3.62. The molecule has 10 heteroatoms. The quantitative estimate of drug-likeness (QED) is 0.238. The molecule has 2 aromatic heterocycles. The molecule has 0 fully saturated rings. The zero-order valence-corrected chi connectivity index (χ0v) is 24.3. The van der Waals surface area contributed by atoms with E-state index in [2.05, 4.69) is 5.10 Å². The number of fused-ring (bicyclic) bond motifs is 1. The molecule has 0 aliphatic carbocycles. The molecule has 4 aromatic rings. The molecule has 8 nitrogen and oxygen atoms in total. The number of aryl methyl sites for hydroxylation is 1. The molecule has 206 valence electrons. The van der Waals surface area contributed by atoms with Crippen LogP contribution in [0.4, 0.5) is 0 Å². The number of ketones is 1. The van der Waals surface area contributed by atoms with Crippen molar-refractivity contribution in [2.24, 2.45) is 0 Å². The minimum absolute atomic E-state index is 0.0386. The number of aromatic nitrogens is 3. The van der Waals surface area contributed by atoms with Gasteiger partial charge in [-0.3, -0.25) is 18.8 Å². The SMILES string of the molecule is CCC(=O)c1c(-c2ccccc2)c2cc(Cl)ccc2c(=O)n1Cc1cc(S(C)(=O)=O)n(CCC(C)(C)OC)n1. The monoisotopic (exact) mass is 569 g/mol. The zero-order chi connectivity index (χ0) is 28.5. The van der Waals surface area contributed by atoms with Gasteiger partial charge in [0.15, 0.2) is 20.6 Å². The third-order valence-corrected chi connectivity index (χ3v) is 8.18. The summed E-state index contributed by atoms with van der Waals surface area (Å²) in [6, 6.07) is 15.8. The number of halogens is 1. The summed E-state index contributed by atoms with van der Waals surface area (Å²) in [6.45, 7) is 5.77. The molecular weight excluding hydrogens is 538 g/mol. The van der Waals surface area contributed by atoms with Crippen LogP contribution < -0.4 is 5.56 Å². The van der Waals surface area contributed by atoms with E-state index in [-0.39, 0.29) is 35.0 Å². The topological polar surface area (TPSA) is 100 Å². The number of sulfone groups is 1. The van der Waals surface area contributed by atoms with Crippen molar-refractivity contribution in [2.75, 3.05) is 13.4 Å². The summed E-state index contributed by atoms with van der Waals surface area (Å²) < 4.78 is 33.6. The van der Waals surface area contributed by atoms with Gasteiger partial charge in [-0.1, -0.05) is 48.9 Å². The molecule has 0 radical (unpaired) electrons. The Labute approximate surface area is 233 Å². The first kappa shape index (κ1) is 28.7. The van der Waals surface area contributed by atoms with E-state index in [1.807, 2.05) is 44.2 Å². The summed E-state index contributed by atoms with van der Waals surface area (Å²) in [4.78, 5) is 27.3. The lowest BCUT2D eigenvalue weighted by molar-refractivity contribution is 0.0107. The second-order valence-electron chi connectivity index (χ2n) is 10.1. The Kier molecular flexibility index (Phi) is 8.16. The van der Waals surface area contributed by atoms with Crippen molar-refractivity contribution < 1.29 is 17.9 Å². The van der Waals surface area contributed by atoms with E-state index in [9.17, 15) is 18.0 Å². The van der Waals surface area contributed by atoms with Crippen LogP contribution in [-0.4, -0.2) is 47.5 Å². The van der Waals surface area contributed by atoms with Crippen LogP contribution in [0.1, 0.15) is 49.8 Å². The molecule has 0 amide bonds. The standard InChI is InChI=1S/C29H32ClN3O5S/c1-6-24(34)27-26(19-10-8-7-9-11-19)23-16-20(30)12-13-22(23)28(35)32(27)18-21-17-25(39(5,36)37)33(31-21)15-14-29(2,3)38-4/h7-13,16-17H,6,14-15,18H2,1-5H3. The van der Waals surface area contributed by atoms with Gasteiger partial charge in [0, 0.05) is 48.4 Å². The number of hydrogen-bond donors (Lipinski definition) is 0. The molecule has 2 aromatic carbocycles. The Hall–Kier alpha value is -3.27. The summed E-state index contributed by atoms with van der Waals surface area (Å²) in [5.41, 5.74) is 1.09. The number of hydrogen-bond acceptors (Lipinski definition) is 6. The van der Waals surface area contributed by atoms with E-state index in [1.165, 1.54) is 15.3 Å². The normalized spacial score (nSPS) is 12.3. The lowest BCUT2D eigenvalue weighted by Crippen LogP contribution is -2.28. The Morgan fingerprint density at radius 2 is 1.77 bits per heavy atom. The van der Waals surface area contributed by atoms with Crippen molar-refractivity contribution >= 4 is 38.0 Å². The Balaban J connectivity index is 1.96. The molecule has 0 saturated heterocycles. The molecule has 0 saturated carbocycles. The number of Topliss-reactive ketones (excluding diaryl/α,β-unsaturated/α-hetero) is 1. The largest absolute Gasteiger partial charge is 0.379 e. The molecule has 0 aliphatic rings. The van der Waals surface area contributed by atoms with Crippen LogP contribution in [0.25, 0.3) is 21.9 Å². The maximum atomic E-state index is 13.9. The van der Waals surface area contributed by atoms with Crippen LogP contribution in [0.15, 0.2) is 64.4 Å². The van der Waals surface area contributed by atoms with E-state index in [4.69, 9.17) is 16.3 Å². The third kappa shape index (κ3) is 6.00. The first-order chi connectivity index (χ1) is 18.4. The number of rotatable bonds is 10. The number of ether oxygens (including phenoxy) is 1. The summed E-state index contributed by atoms with van der Waals surface area (Å²) in [5, 5.41) is 6.03. The molecule has 4 rings (SSSR count). The summed E-state index contributed by atoms with van der Waals surface area (Å²) >= 11 is 6.33. The van der Waals surface area contributed by atoms with E-state index < -0.39 is 15.4 Å². The average molecular weight is 570 g/mol. The van der Waals surface area contributed by atoms with Gasteiger partial charge in [0.2, 0.25) is 0 Å². The Morgan fingerprint density at radius 3 is 2.38 bits per heavy atom. The molecular formula is C29H32ClN3O5S. The fraction of sp³-hybridized carbons (Fsp3) is 0.345. The third-order valence-electron chi connectivity index (χ3n) is 6.85. The molecule has 2 heterocycles. The van der Waals surface area contributed by atoms with E-state index >= 15 is 0 Å². The van der Waals surface area contributed by atoms with Gasteiger partial charge in [0.05, 0.1) is 23.5 Å². The lowest BCUT2D eigenvalue weighted by atomic mass is 9.94. The molecule has 0 bridgehead atoms. The highest BCUT2D eigenvalue weighted by atomic mass is 35.5. The van der Waals surface area contributed by atoms with Gasteiger partial charge in [-0.05, 0) is 49.4 Å². The number of carbonyl (C=O) groups is 1. The molecule has 0 unspecified atom stereocenters. The maximum Gasteiger partial charge on any atom is 0.259 e. The van der Waals surface area contributed by atoms with Crippen molar-refractivity contribution in [1.29, 1.82) is 0 Å². The summed E-state index contributed by atoms with van der Waals surface area (Å²) in [7, 11) is -2.02. The molecule has 0 aliphatic heterocycles. The molecule has 0 atom stereocenters. The zero-order valence-electron chi connectivity index (χ0n) is 22.7. The minimum Gasteiger partial charge on any atom is -0.379 e. The highest BCUT2D eigenvalue weighted by molar-refractivity contribution is 7.90. The molecule has 39 heavy (non-hydrogen) atoms. The summed E-state index contributed by atoms with van der Waals surface area (Å²) in [6.07, 6.45) is 1.80. The van der Waals surface area contributed by atoms with Gasteiger partial charge < -0.3 is 4.74 Å². The number of methoxy groups -OCH3 is 1. The van der Waals surface area contributed by atoms with Crippen molar-refractivity contribution in [3.05, 3.63) is 81.4 Å². The van der Waals surface area contributed by atoms with Crippen molar-refractivity contribution in [2.45, 2.75) is 57.3 Å². The second-order valence-corrected chi connectivity index (χ2v) is 12.5. The highest BCUT2D eigenvalue weighted by Crippen LogP contribution is 2.33. The van der Waals surface area contributed by atoms with Crippen molar-refractivity contribution in [3.8, 4) is 11.1 Å². The lowest BCUT2D eigenvalue weighted by Gasteiger charge is -2.22. The summed E-state index contributed by atoms with van der Waals surface area (Å²) in [5.74, 6) is -0.225. The van der Waals surface area contributed by atoms with Crippen LogP contribution >= 0.6 is 11.6 Å². The van der Waals surface area contributed by atoms with Crippen LogP contribution in [0.3, 0.4) is 0 Å². The molecule has 0 spiro atoms. The first-order valence-electron chi connectivity index (χ1n) is 12.6. The van der Waals surface area contributed by atoms with Gasteiger partial charge in [-0.2, -0.15) is 5.10 Å². The van der Waals surface area contributed by atoms with Gasteiger partial charge >= 0.3 is 0 Å². The molecule has 0 N–H and O–H groups in total. The van der Waals surface area contributed by atoms with E-state index in [1.54, 1.807) is 32.2 Å². The number of benzene rings is 2. The second kappa shape index (κ2) is 11.1.